The first kappa shape index (κ1) is 24.4. The van der Waals surface area contributed by atoms with Crippen molar-refractivity contribution in [2.45, 2.75) is 26.1 Å². The zero-order chi connectivity index (χ0) is 23.3. The van der Waals surface area contributed by atoms with Gasteiger partial charge in [-0.1, -0.05) is 34.8 Å². The molecule has 1 N–H and O–H groups in total. The van der Waals surface area contributed by atoms with Gasteiger partial charge >= 0.3 is 0 Å². The first-order valence-electron chi connectivity index (χ1n) is 9.81. The van der Waals surface area contributed by atoms with Crippen LogP contribution in [0.5, 0.6) is 11.5 Å². The van der Waals surface area contributed by atoms with Crippen molar-refractivity contribution in [3.63, 3.8) is 0 Å². The predicted octanol–water partition coefficient (Wildman–Crippen LogP) is 4.51. The van der Waals surface area contributed by atoms with Gasteiger partial charge in [-0.2, -0.15) is 5.10 Å². The molecular weight excluding hydrogens is 479 g/mol. The van der Waals surface area contributed by atoms with E-state index < -0.39 is 0 Å². The maximum absolute atomic E-state index is 12.5. The summed E-state index contributed by atoms with van der Waals surface area (Å²) in [4.78, 5) is 18.3. The Hall–Kier alpha value is -2.26. The summed E-state index contributed by atoms with van der Waals surface area (Å²) in [5.41, 5.74) is 3.44. The Morgan fingerprint density at radius 3 is 2.62 bits per heavy atom. The molecule has 0 bridgehead atoms. The number of anilines is 1. The molecule has 2 unspecified atom stereocenters. The van der Waals surface area contributed by atoms with E-state index in [0.717, 1.165) is 5.56 Å². The molecule has 3 rings (SSSR count). The van der Waals surface area contributed by atoms with E-state index in [1.54, 1.807) is 29.3 Å². The molecule has 2 heterocycles. The molecule has 1 aromatic carbocycles. The lowest BCUT2D eigenvalue weighted by Crippen LogP contribution is -2.49. The zero-order valence-electron chi connectivity index (χ0n) is 17.8. The molecule has 32 heavy (non-hydrogen) atoms. The Morgan fingerprint density at radius 1 is 1.22 bits per heavy atom. The van der Waals surface area contributed by atoms with Crippen molar-refractivity contribution in [1.82, 2.24) is 9.88 Å². The number of benzene rings is 1. The van der Waals surface area contributed by atoms with E-state index in [4.69, 9.17) is 49.0 Å². The molecule has 1 aromatic heterocycles. The number of hydrogen-bond donors (Lipinski definition) is 1. The summed E-state index contributed by atoms with van der Waals surface area (Å²) in [5, 5.41) is 4.76. The van der Waals surface area contributed by atoms with Gasteiger partial charge in [0, 0.05) is 13.1 Å². The second-order valence-corrected chi connectivity index (χ2v) is 8.39. The smallest absolute Gasteiger partial charge is 0.260 e. The van der Waals surface area contributed by atoms with Gasteiger partial charge in [-0.3, -0.25) is 10.2 Å². The number of halogens is 3. The van der Waals surface area contributed by atoms with Crippen LogP contribution in [-0.2, 0) is 9.53 Å². The van der Waals surface area contributed by atoms with Gasteiger partial charge < -0.3 is 19.1 Å². The maximum Gasteiger partial charge on any atom is 0.260 e. The van der Waals surface area contributed by atoms with Crippen LogP contribution >= 0.6 is 34.8 Å². The van der Waals surface area contributed by atoms with Crippen molar-refractivity contribution in [3.05, 3.63) is 45.0 Å². The molecule has 1 aliphatic heterocycles. The van der Waals surface area contributed by atoms with E-state index in [9.17, 15) is 4.79 Å². The second kappa shape index (κ2) is 11.0. The summed E-state index contributed by atoms with van der Waals surface area (Å²) in [6.07, 6.45) is 1.55. The van der Waals surface area contributed by atoms with Gasteiger partial charge in [0.1, 0.15) is 5.15 Å². The number of carbonyl (C=O) groups is 1. The Bertz CT molecular complexity index is 995. The number of nitrogens with one attached hydrogen (secondary N) is 1. The van der Waals surface area contributed by atoms with Gasteiger partial charge in [0.25, 0.3) is 5.91 Å². The minimum atomic E-state index is -0.102. The lowest BCUT2D eigenvalue weighted by Gasteiger charge is -2.35. The van der Waals surface area contributed by atoms with Crippen molar-refractivity contribution in [2.24, 2.45) is 5.10 Å². The summed E-state index contributed by atoms with van der Waals surface area (Å²) in [6.45, 7) is 4.89. The maximum atomic E-state index is 12.5. The molecule has 2 aromatic rings. The van der Waals surface area contributed by atoms with Crippen LogP contribution in [0.15, 0.2) is 29.4 Å². The standard InChI is InChI=1S/C21H23Cl3N4O4/c1-12-9-28(10-13(2)32-12)19(29)11-31-17-5-4-14(6-18(17)30-3)8-25-27-21-16(23)7-15(22)20(24)26-21/h4-8,12-13H,9-11H2,1-3H3,(H,26,27)/b25-8+. The van der Waals surface area contributed by atoms with Crippen LogP contribution < -0.4 is 14.9 Å². The van der Waals surface area contributed by atoms with Gasteiger partial charge in [0.2, 0.25) is 0 Å². The summed E-state index contributed by atoms with van der Waals surface area (Å²) in [7, 11) is 1.52. The second-order valence-electron chi connectivity index (χ2n) is 7.22. The van der Waals surface area contributed by atoms with Gasteiger partial charge in [0.15, 0.2) is 23.9 Å². The van der Waals surface area contributed by atoms with Crippen LogP contribution in [0.3, 0.4) is 0 Å². The normalized spacial score (nSPS) is 18.6. The van der Waals surface area contributed by atoms with Crippen LogP contribution in [0.1, 0.15) is 19.4 Å². The molecule has 0 aliphatic carbocycles. The van der Waals surface area contributed by atoms with E-state index in [2.05, 4.69) is 15.5 Å². The minimum absolute atomic E-state index is 0.00149. The summed E-state index contributed by atoms with van der Waals surface area (Å²) in [6, 6.07) is 6.69. The van der Waals surface area contributed by atoms with Crippen molar-refractivity contribution in [2.75, 3.05) is 32.2 Å². The third-order valence-corrected chi connectivity index (χ3v) is 5.54. The van der Waals surface area contributed by atoms with Crippen molar-refractivity contribution < 1.29 is 19.0 Å². The minimum Gasteiger partial charge on any atom is -0.493 e. The van der Waals surface area contributed by atoms with Crippen LogP contribution in [0, 0.1) is 0 Å². The molecular formula is C21H23Cl3N4O4. The predicted molar refractivity (Wildman–Crippen MR) is 126 cm³/mol. The molecule has 8 nitrogen and oxygen atoms in total. The number of carbonyl (C=O) groups excluding carboxylic acids is 1. The quantitative estimate of drug-likeness (QED) is 0.341. The number of morpholine rings is 1. The molecule has 172 valence electrons. The average molecular weight is 502 g/mol. The van der Waals surface area contributed by atoms with Crippen LogP contribution in [-0.4, -0.2) is 61.0 Å². The van der Waals surface area contributed by atoms with E-state index in [-0.39, 0.29) is 45.7 Å². The molecule has 0 spiro atoms. The highest BCUT2D eigenvalue weighted by Gasteiger charge is 2.26. The molecule has 11 heteroatoms. The Kier molecular flexibility index (Phi) is 8.42. The number of aromatic nitrogens is 1. The van der Waals surface area contributed by atoms with Gasteiger partial charge in [-0.15, -0.1) is 0 Å². The van der Waals surface area contributed by atoms with E-state index >= 15 is 0 Å². The molecule has 0 radical (unpaired) electrons. The number of ether oxygens (including phenoxy) is 3. The summed E-state index contributed by atoms with van der Waals surface area (Å²) in [5.74, 6) is 1.09. The highest BCUT2D eigenvalue weighted by molar-refractivity contribution is 6.42. The monoisotopic (exact) mass is 500 g/mol. The molecule has 1 fully saturated rings. The van der Waals surface area contributed by atoms with Gasteiger partial charge in [-0.05, 0) is 43.7 Å². The SMILES string of the molecule is COc1cc(/C=N/Nc2nc(Cl)c(Cl)cc2Cl)ccc1OCC(=O)N1CC(C)OC(C)C1. The molecule has 1 aliphatic rings. The molecule has 1 saturated heterocycles. The number of hydrogen-bond acceptors (Lipinski definition) is 7. The third-order valence-electron chi connectivity index (χ3n) is 4.58. The Balaban J connectivity index is 1.61. The number of pyridine rings is 1. The zero-order valence-corrected chi connectivity index (χ0v) is 20.0. The first-order valence-corrected chi connectivity index (χ1v) is 10.9. The van der Waals surface area contributed by atoms with Crippen LogP contribution in [0.4, 0.5) is 5.82 Å². The third kappa shape index (κ3) is 6.38. The largest absolute Gasteiger partial charge is 0.493 e. The highest BCUT2D eigenvalue weighted by Crippen LogP contribution is 2.29. The summed E-state index contributed by atoms with van der Waals surface area (Å²) >= 11 is 17.8. The van der Waals surface area contributed by atoms with E-state index in [1.165, 1.54) is 13.2 Å². The Morgan fingerprint density at radius 2 is 1.94 bits per heavy atom. The van der Waals surface area contributed by atoms with Crippen molar-refractivity contribution in [3.8, 4) is 11.5 Å². The van der Waals surface area contributed by atoms with Crippen LogP contribution in [0.25, 0.3) is 0 Å². The Labute approximate surface area is 201 Å². The number of rotatable bonds is 7. The van der Waals surface area contributed by atoms with E-state index in [1.807, 2.05) is 13.8 Å². The van der Waals surface area contributed by atoms with Gasteiger partial charge in [-0.25, -0.2) is 4.98 Å². The fourth-order valence-electron chi connectivity index (χ4n) is 3.19. The van der Waals surface area contributed by atoms with Crippen molar-refractivity contribution >= 4 is 52.7 Å². The highest BCUT2D eigenvalue weighted by atomic mass is 35.5. The van der Waals surface area contributed by atoms with Crippen LogP contribution in [0.2, 0.25) is 15.2 Å². The first-order chi connectivity index (χ1) is 15.3. The number of methoxy groups -OCH3 is 1. The van der Waals surface area contributed by atoms with E-state index in [0.29, 0.717) is 24.6 Å². The summed E-state index contributed by atoms with van der Waals surface area (Å²) < 4.78 is 16.8. The molecule has 0 saturated carbocycles. The lowest BCUT2D eigenvalue weighted by atomic mass is 10.2. The average Bonchev–Trinajstić information content (AvgIpc) is 2.75. The lowest BCUT2D eigenvalue weighted by molar-refractivity contribution is -0.145. The topological polar surface area (TPSA) is 85.3 Å². The number of nitrogens with zero attached hydrogens (tertiary/aromatic N) is 3. The molecule has 2 atom stereocenters. The van der Waals surface area contributed by atoms with Gasteiger partial charge in [0.05, 0.1) is 35.6 Å². The molecule has 1 amide bonds. The fourth-order valence-corrected chi connectivity index (χ4v) is 3.73. The number of amides is 1. The van der Waals surface area contributed by atoms with Crippen molar-refractivity contribution in [1.29, 1.82) is 0 Å². The number of hydrazone groups is 1. The fraction of sp³-hybridized carbons (Fsp3) is 0.381.